The zero-order chi connectivity index (χ0) is 8.44. The van der Waals surface area contributed by atoms with Crippen molar-refractivity contribution in [2.24, 2.45) is 0 Å². The molecule has 0 radical (unpaired) electrons. The van der Waals surface area contributed by atoms with Crippen LogP contribution in [0, 0.1) is 0 Å². The molecule has 0 spiro atoms. The van der Waals surface area contributed by atoms with E-state index in [9.17, 15) is 5.11 Å². The Kier molecular flexibility index (Phi) is 2.09. The highest BCUT2D eigenvalue weighted by molar-refractivity contribution is 8.00. The Bertz CT molecular complexity index is 254. The van der Waals surface area contributed by atoms with E-state index in [2.05, 4.69) is 0 Å². The van der Waals surface area contributed by atoms with Crippen LogP contribution in [0.4, 0.5) is 0 Å². The summed E-state index contributed by atoms with van der Waals surface area (Å²) in [5.74, 6) is 0.853. The topological polar surface area (TPSA) is 29.5 Å². The fourth-order valence-corrected chi connectivity index (χ4v) is 2.13. The van der Waals surface area contributed by atoms with Gasteiger partial charge in [-0.1, -0.05) is 42.1 Å². The molecule has 2 rings (SSSR count). The molecule has 0 amide bonds. The average molecular weight is 182 g/mol. The fraction of sp³-hybridized carbons (Fsp3) is 0.333. The molecule has 64 valence electrons. The van der Waals surface area contributed by atoms with E-state index in [1.165, 1.54) is 11.8 Å². The quantitative estimate of drug-likeness (QED) is 0.714. The summed E-state index contributed by atoms with van der Waals surface area (Å²) in [7, 11) is 0. The molecule has 0 aromatic heterocycles. The van der Waals surface area contributed by atoms with Gasteiger partial charge in [-0.05, 0) is 0 Å². The summed E-state index contributed by atoms with van der Waals surface area (Å²) in [6.07, 6.45) is 0. The summed E-state index contributed by atoms with van der Waals surface area (Å²) >= 11 is 1.43. The van der Waals surface area contributed by atoms with Crippen molar-refractivity contribution < 1.29 is 9.84 Å². The lowest BCUT2D eigenvalue weighted by molar-refractivity contribution is -0.120. The van der Waals surface area contributed by atoms with Gasteiger partial charge in [-0.15, -0.1) is 0 Å². The summed E-state index contributed by atoms with van der Waals surface area (Å²) in [6.45, 7) is 0.621. The van der Waals surface area contributed by atoms with Gasteiger partial charge in [0.1, 0.15) is 0 Å². The maximum Gasteiger partial charge on any atom is 0.243 e. The van der Waals surface area contributed by atoms with Crippen molar-refractivity contribution in [3.63, 3.8) is 0 Å². The van der Waals surface area contributed by atoms with Crippen molar-refractivity contribution in [3.8, 4) is 0 Å². The molecule has 1 atom stereocenters. The van der Waals surface area contributed by atoms with E-state index in [0.717, 1.165) is 11.3 Å². The Morgan fingerprint density at radius 3 is 2.67 bits per heavy atom. The third-order valence-corrected chi connectivity index (χ3v) is 2.93. The minimum Gasteiger partial charge on any atom is -0.353 e. The number of hydrogen-bond donors (Lipinski definition) is 1. The van der Waals surface area contributed by atoms with Gasteiger partial charge in [-0.25, -0.2) is 0 Å². The number of rotatable bonds is 1. The van der Waals surface area contributed by atoms with E-state index in [1.54, 1.807) is 0 Å². The number of thioether (sulfide) groups is 1. The van der Waals surface area contributed by atoms with Gasteiger partial charge in [0.2, 0.25) is 5.12 Å². The molecular formula is C9H10O2S. The van der Waals surface area contributed by atoms with Crippen LogP contribution < -0.4 is 0 Å². The van der Waals surface area contributed by atoms with E-state index in [0.29, 0.717) is 6.61 Å². The molecule has 1 aromatic carbocycles. The average Bonchev–Trinajstić information content (AvgIpc) is 2.55. The molecule has 0 aliphatic carbocycles. The molecule has 1 aliphatic heterocycles. The predicted octanol–water partition coefficient (Wildman–Crippen LogP) is 1.55. The normalized spacial score (nSPS) is 29.1. The fourth-order valence-electron chi connectivity index (χ4n) is 1.22. The monoisotopic (exact) mass is 182 g/mol. The summed E-state index contributed by atoms with van der Waals surface area (Å²) < 4.78 is 5.24. The first kappa shape index (κ1) is 8.10. The second-order valence-electron chi connectivity index (χ2n) is 2.64. The van der Waals surface area contributed by atoms with Crippen LogP contribution in [0.5, 0.6) is 0 Å². The molecule has 1 unspecified atom stereocenters. The molecular weight excluding hydrogens is 172 g/mol. The molecule has 1 saturated heterocycles. The summed E-state index contributed by atoms with van der Waals surface area (Å²) in [5.41, 5.74) is 0.826. The van der Waals surface area contributed by atoms with Crippen LogP contribution in [0.2, 0.25) is 0 Å². The lowest BCUT2D eigenvalue weighted by Gasteiger charge is -2.20. The van der Waals surface area contributed by atoms with Gasteiger partial charge in [0.15, 0.2) is 0 Å². The SMILES string of the molecule is OC1(c2ccccc2)OCCS1. The first-order chi connectivity index (χ1) is 5.81. The van der Waals surface area contributed by atoms with Crippen molar-refractivity contribution in [1.82, 2.24) is 0 Å². The van der Waals surface area contributed by atoms with E-state index in [-0.39, 0.29) is 0 Å². The lowest BCUT2D eigenvalue weighted by Crippen LogP contribution is -2.19. The van der Waals surface area contributed by atoms with Gasteiger partial charge in [-0.3, -0.25) is 0 Å². The van der Waals surface area contributed by atoms with Crippen LogP contribution in [0.1, 0.15) is 5.56 Å². The zero-order valence-electron chi connectivity index (χ0n) is 6.56. The first-order valence-corrected chi connectivity index (χ1v) is 4.86. The molecule has 12 heavy (non-hydrogen) atoms. The Balaban J connectivity index is 2.29. The standard InChI is InChI=1S/C9H10O2S/c10-9(11-6-7-12-9)8-4-2-1-3-5-8/h1-5,10H,6-7H2. The molecule has 1 aromatic rings. The number of hydrogen-bond acceptors (Lipinski definition) is 3. The van der Waals surface area contributed by atoms with Gasteiger partial charge in [0.05, 0.1) is 6.61 Å². The molecule has 1 fully saturated rings. The van der Waals surface area contributed by atoms with Crippen molar-refractivity contribution in [2.45, 2.75) is 5.12 Å². The van der Waals surface area contributed by atoms with E-state index in [1.807, 2.05) is 30.3 Å². The van der Waals surface area contributed by atoms with Crippen LogP contribution in [-0.4, -0.2) is 17.5 Å². The lowest BCUT2D eigenvalue weighted by atomic mass is 10.2. The second kappa shape index (κ2) is 3.09. The van der Waals surface area contributed by atoms with Crippen LogP contribution in [0.3, 0.4) is 0 Å². The summed E-state index contributed by atoms with van der Waals surface area (Å²) in [6, 6.07) is 9.47. The molecule has 3 heteroatoms. The summed E-state index contributed by atoms with van der Waals surface area (Å²) in [4.78, 5) is 0. The van der Waals surface area contributed by atoms with E-state index < -0.39 is 5.12 Å². The molecule has 2 nitrogen and oxygen atoms in total. The maximum absolute atomic E-state index is 9.90. The highest BCUT2D eigenvalue weighted by atomic mass is 32.2. The van der Waals surface area contributed by atoms with Gasteiger partial charge >= 0.3 is 0 Å². The number of aliphatic hydroxyl groups is 1. The largest absolute Gasteiger partial charge is 0.353 e. The Labute approximate surface area is 75.6 Å². The second-order valence-corrected chi connectivity index (χ2v) is 3.90. The smallest absolute Gasteiger partial charge is 0.243 e. The molecule has 1 aliphatic rings. The Hall–Kier alpha value is -0.510. The van der Waals surface area contributed by atoms with Crippen molar-refractivity contribution >= 4 is 11.8 Å². The highest BCUT2D eigenvalue weighted by Gasteiger charge is 2.35. The number of ether oxygens (including phenoxy) is 1. The first-order valence-electron chi connectivity index (χ1n) is 3.87. The minimum absolute atomic E-state index is 0.621. The van der Waals surface area contributed by atoms with Crippen molar-refractivity contribution in [2.75, 3.05) is 12.4 Å². The van der Waals surface area contributed by atoms with E-state index >= 15 is 0 Å². The van der Waals surface area contributed by atoms with E-state index in [4.69, 9.17) is 4.74 Å². The van der Waals surface area contributed by atoms with Crippen LogP contribution in [-0.2, 0) is 9.86 Å². The van der Waals surface area contributed by atoms with Crippen LogP contribution in [0.15, 0.2) is 30.3 Å². The minimum atomic E-state index is -1.10. The van der Waals surface area contributed by atoms with Gasteiger partial charge in [-0.2, -0.15) is 0 Å². The van der Waals surface area contributed by atoms with Gasteiger partial charge < -0.3 is 9.84 Å². The van der Waals surface area contributed by atoms with Crippen molar-refractivity contribution in [1.29, 1.82) is 0 Å². The molecule has 0 bridgehead atoms. The molecule has 0 saturated carbocycles. The van der Waals surface area contributed by atoms with Crippen LogP contribution >= 0.6 is 11.8 Å². The van der Waals surface area contributed by atoms with Crippen molar-refractivity contribution in [3.05, 3.63) is 35.9 Å². The Morgan fingerprint density at radius 2 is 2.08 bits per heavy atom. The highest BCUT2D eigenvalue weighted by Crippen LogP contribution is 2.39. The maximum atomic E-state index is 9.90. The Morgan fingerprint density at radius 1 is 1.33 bits per heavy atom. The van der Waals surface area contributed by atoms with Gasteiger partial charge in [0.25, 0.3) is 0 Å². The van der Waals surface area contributed by atoms with Gasteiger partial charge in [0, 0.05) is 11.3 Å². The third kappa shape index (κ3) is 1.35. The third-order valence-electron chi connectivity index (χ3n) is 1.82. The molecule has 1 heterocycles. The summed E-state index contributed by atoms with van der Waals surface area (Å²) in [5, 5.41) is 8.81. The number of benzene rings is 1. The van der Waals surface area contributed by atoms with Crippen LogP contribution in [0.25, 0.3) is 0 Å². The molecule has 1 N–H and O–H groups in total. The predicted molar refractivity (Wildman–Crippen MR) is 48.7 cm³/mol. The zero-order valence-corrected chi connectivity index (χ0v) is 7.38.